The lowest BCUT2D eigenvalue weighted by Crippen LogP contribution is -2.38. The van der Waals surface area contributed by atoms with Gasteiger partial charge in [-0.25, -0.2) is 0 Å². The molecule has 1 atom stereocenters. The van der Waals surface area contributed by atoms with E-state index in [1.165, 1.54) is 0 Å². The maximum Gasteiger partial charge on any atom is 0.323 e. The second-order valence-corrected chi connectivity index (χ2v) is 5.07. The van der Waals surface area contributed by atoms with Crippen LogP contribution in [0.1, 0.15) is 12.7 Å². The third-order valence-electron chi connectivity index (χ3n) is 3.05. The predicted octanol–water partition coefficient (Wildman–Crippen LogP) is 3.46. The zero-order chi connectivity index (χ0) is 14.5. The lowest BCUT2D eigenvalue weighted by atomic mass is 10.1. The lowest BCUT2D eigenvalue weighted by Gasteiger charge is -2.29. The van der Waals surface area contributed by atoms with E-state index < -0.39 is 5.97 Å². The molecule has 20 heavy (non-hydrogen) atoms. The summed E-state index contributed by atoms with van der Waals surface area (Å²) in [7, 11) is 0. The van der Waals surface area contributed by atoms with Gasteiger partial charge in [0.25, 0.3) is 0 Å². The van der Waals surface area contributed by atoms with E-state index in [0.717, 1.165) is 11.4 Å². The molecule has 0 radical (unpaired) electrons. The molecule has 106 valence electrons. The van der Waals surface area contributed by atoms with Gasteiger partial charge in [-0.15, -0.1) is 0 Å². The number of anilines is 1. The van der Waals surface area contributed by atoms with Gasteiger partial charge in [-0.05, 0) is 37.3 Å². The van der Waals surface area contributed by atoms with E-state index in [9.17, 15) is 4.79 Å². The molecule has 0 saturated carbocycles. The molecule has 0 aliphatic heterocycles. The highest BCUT2D eigenvalue weighted by Crippen LogP contribution is 2.22. The Labute approximate surface area is 122 Å². The van der Waals surface area contributed by atoms with Crippen LogP contribution in [-0.2, 0) is 11.2 Å². The van der Waals surface area contributed by atoms with Crippen molar-refractivity contribution in [1.29, 1.82) is 0 Å². The number of carboxylic acid groups (broad SMARTS) is 1. The maximum atomic E-state index is 11.1. The summed E-state index contributed by atoms with van der Waals surface area (Å²) < 4.78 is 5.32. The van der Waals surface area contributed by atoms with Crippen molar-refractivity contribution in [2.45, 2.75) is 19.4 Å². The first-order valence-electron chi connectivity index (χ1n) is 6.32. The minimum absolute atomic E-state index is 0.0179. The van der Waals surface area contributed by atoms with Crippen molar-refractivity contribution in [3.8, 4) is 0 Å². The van der Waals surface area contributed by atoms with Gasteiger partial charge in [0.15, 0.2) is 0 Å². The van der Waals surface area contributed by atoms with Crippen LogP contribution >= 0.6 is 11.6 Å². The Kier molecular flexibility index (Phi) is 4.69. The van der Waals surface area contributed by atoms with E-state index in [4.69, 9.17) is 21.1 Å². The fraction of sp³-hybridized carbons (Fsp3) is 0.267. The molecule has 4 nitrogen and oxygen atoms in total. The highest BCUT2D eigenvalue weighted by atomic mass is 35.5. The van der Waals surface area contributed by atoms with Crippen LogP contribution in [0.2, 0.25) is 5.02 Å². The summed E-state index contributed by atoms with van der Waals surface area (Å²) in [5.41, 5.74) is 0.791. The van der Waals surface area contributed by atoms with Crippen molar-refractivity contribution >= 4 is 23.3 Å². The minimum Gasteiger partial charge on any atom is -0.480 e. The van der Waals surface area contributed by atoms with Gasteiger partial charge in [0.2, 0.25) is 0 Å². The van der Waals surface area contributed by atoms with Crippen molar-refractivity contribution in [1.82, 2.24) is 0 Å². The van der Waals surface area contributed by atoms with Gasteiger partial charge >= 0.3 is 5.97 Å². The van der Waals surface area contributed by atoms with Crippen LogP contribution in [0.25, 0.3) is 0 Å². The van der Waals surface area contributed by atoms with Crippen LogP contribution in [-0.4, -0.2) is 23.7 Å². The third kappa shape index (κ3) is 3.78. The second kappa shape index (κ2) is 6.48. The van der Waals surface area contributed by atoms with E-state index in [2.05, 4.69) is 0 Å². The number of carboxylic acids is 1. The molecule has 1 aromatic carbocycles. The van der Waals surface area contributed by atoms with Gasteiger partial charge < -0.3 is 14.4 Å². The smallest absolute Gasteiger partial charge is 0.323 e. The number of nitrogens with zero attached hydrogens (tertiary/aromatic N) is 1. The number of hydrogen-bond donors (Lipinski definition) is 1. The number of hydrogen-bond acceptors (Lipinski definition) is 3. The van der Waals surface area contributed by atoms with E-state index in [0.29, 0.717) is 11.4 Å². The summed E-state index contributed by atoms with van der Waals surface area (Å²) in [4.78, 5) is 12.9. The van der Waals surface area contributed by atoms with E-state index in [1.807, 2.05) is 31.2 Å². The number of furan rings is 1. The van der Waals surface area contributed by atoms with Crippen molar-refractivity contribution < 1.29 is 14.3 Å². The Balaban J connectivity index is 2.20. The van der Waals surface area contributed by atoms with Crippen molar-refractivity contribution in [2.24, 2.45) is 0 Å². The summed E-state index contributed by atoms with van der Waals surface area (Å²) in [6.45, 7) is 1.88. The topological polar surface area (TPSA) is 53.7 Å². The third-order valence-corrected chi connectivity index (χ3v) is 3.29. The van der Waals surface area contributed by atoms with Crippen LogP contribution in [0.3, 0.4) is 0 Å². The molecule has 0 saturated heterocycles. The molecule has 0 fully saturated rings. The number of carbonyl (C=O) groups is 1. The predicted molar refractivity (Wildman–Crippen MR) is 78.3 cm³/mol. The Morgan fingerprint density at radius 1 is 1.40 bits per heavy atom. The Bertz CT molecular complexity index is 568. The van der Waals surface area contributed by atoms with Crippen LogP contribution < -0.4 is 4.90 Å². The molecule has 1 aromatic heterocycles. The quantitative estimate of drug-likeness (QED) is 0.886. The summed E-state index contributed by atoms with van der Waals surface area (Å²) in [6.07, 6.45) is 2.25. The van der Waals surface area contributed by atoms with Gasteiger partial charge in [0.1, 0.15) is 12.3 Å². The summed E-state index contributed by atoms with van der Waals surface area (Å²) >= 11 is 5.98. The summed E-state index contributed by atoms with van der Waals surface area (Å²) in [6, 6.07) is 10.9. The molecule has 2 aromatic rings. The molecule has 1 N–H and O–H groups in total. The van der Waals surface area contributed by atoms with E-state index >= 15 is 0 Å². The van der Waals surface area contributed by atoms with Crippen LogP contribution in [0.5, 0.6) is 0 Å². The number of halogens is 1. The normalized spacial score (nSPS) is 12.1. The fourth-order valence-electron chi connectivity index (χ4n) is 2.13. The molecule has 0 aliphatic rings. The molecule has 0 spiro atoms. The molecular formula is C15H16ClNO3. The number of benzene rings is 1. The van der Waals surface area contributed by atoms with Crippen LogP contribution in [0, 0.1) is 0 Å². The second-order valence-electron chi connectivity index (χ2n) is 4.63. The van der Waals surface area contributed by atoms with Gasteiger partial charge in [0.05, 0.1) is 6.26 Å². The Hall–Kier alpha value is -1.94. The first kappa shape index (κ1) is 14.5. The number of aliphatic carboxylic acids is 1. The molecule has 5 heteroatoms. The molecular weight excluding hydrogens is 278 g/mol. The summed E-state index contributed by atoms with van der Waals surface area (Å²) in [5, 5.41) is 9.68. The zero-order valence-electron chi connectivity index (χ0n) is 11.1. The van der Waals surface area contributed by atoms with Gasteiger partial charge in [-0.2, -0.15) is 0 Å². The highest BCUT2D eigenvalue weighted by Gasteiger charge is 2.19. The molecule has 1 heterocycles. The van der Waals surface area contributed by atoms with Gasteiger partial charge in [0, 0.05) is 23.2 Å². The summed E-state index contributed by atoms with van der Waals surface area (Å²) in [5.74, 6) is -0.0498. The molecule has 0 bridgehead atoms. The van der Waals surface area contributed by atoms with Crippen LogP contribution in [0.15, 0.2) is 47.1 Å². The molecule has 2 rings (SSSR count). The van der Waals surface area contributed by atoms with Crippen molar-refractivity contribution in [3.05, 3.63) is 53.4 Å². The average molecular weight is 294 g/mol. The Morgan fingerprint density at radius 3 is 2.80 bits per heavy atom. The van der Waals surface area contributed by atoms with E-state index in [-0.39, 0.29) is 12.6 Å². The molecule has 1 unspecified atom stereocenters. The standard InChI is InChI=1S/C15H16ClNO3/c1-11(8-14-6-3-7-20-14)17(10-15(18)19)13-5-2-4-12(16)9-13/h2-7,9,11H,8,10H2,1H3,(H,18,19). The molecule has 0 amide bonds. The van der Waals surface area contributed by atoms with Crippen molar-refractivity contribution in [2.75, 3.05) is 11.4 Å². The first-order chi connectivity index (χ1) is 9.56. The first-order valence-corrected chi connectivity index (χ1v) is 6.70. The lowest BCUT2D eigenvalue weighted by molar-refractivity contribution is -0.135. The van der Waals surface area contributed by atoms with E-state index in [1.54, 1.807) is 23.3 Å². The number of rotatable bonds is 6. The zero-order valence-corrected chi connectivity index (χ0v) is 11.9. The van der Waals surface area contributed by atoms with Crippen LogP contribution in [0.4, 0.5) is 5.69 Å². The fourth-order valence-corrected chi connectivity index (χ4v) is 2.32. The minimum atomic E-state index is -0.878. The molecule has 0 aliphatic carbocycles. The SMILES string of the molecule is CC(Cc1ccco1)N(CC(=O)O)c1cccc(Cl)c1. The maximum absolute atomic E-state index is 11.1. The monoisotopic (exact) mass is 293 g/mol. The largest absolute Gasteiger partial charge is 0.480 e. The van der Waals surface area contributed by atoms with Gasteiger partial charge in [-0.3, -0.25) is 4.79 Å². The van der Waals surface area contributed by atoms with Gasteiger partial charge in [-0.1, -0.05) is 17.7 Å². The highest BCUT2D eigenvalue weighted by molar-refractivity contribution is 6.30. The average Bonchev–Trinajstić information content (AvgIpc) is 2.88. The van der Waals surface area contributed by atoms with Crippen molar-refractivity contribution in [3.63, 3.8) is 0 Å². The Morgan fingerprint density at radius 2 is 2.20 bits per heavy atom.